The Labute approximate surface area is 78.4 Å². The number of rotatable bonds is 0. The van der Waals surface area contributed by atoms with E-state index in [1.807, 2.05) is 0 Å². The Bertz CT molecular complexity index is 57.8. The molecule has 0 aliphatic rings. The molecule has 0 atom stereocenters. The minimum Gasteiger partial charge on any atom is -0.822 e. The monoisotopic (exact) mass is 211 g/mol. The van der Waals surface area contributed by atoms with Crippen molar-refractivity contribution >= 4 is 7.82 Å². The van der Waals surface area contributed by atoms with Gasteiger partial charge in [-0.1, -0.05) is 0 Å². The minimum atomic E-state index is -5.39. The fourth-order valence-corrected chi connectivity index (χ4v) is 0. The quantitative estimate of drug-likeness (QED) is 0.295. The van der Waals surface area contributed by atoms with Crippen LogP contribution < -0.4 is 44.2 Å². The van der Waals surface area contributed by atoms with Crippen molar-refractivity contribution in [2.75, 3.05) is 0 Å². The van der Waals surface area contributed by atoms with E-state index in [9.17, 15) is 0 Å². The van der Waals surface area contributed by atoms with E-state index in [0.29, 0.717) is 0 Å². The molecule has 0 bridgehead atoms. The van der Waals surface area contributed by atoms with Crippen molar-refractivity contribution in [1.82, 2.24) is 0 Å². The Morgan fingerprint density at radius 1 is 1.14 bits per heavy atom. The van der Waals surface area contributed by atoms with Crippen LogP contribution in [0.15, 0.2) is 0 Å². The van der Waals surface area contributed by atoms with Crippen LogP contribution in [-0.4, -0.2) is 0 Å². The fourth-order valence-electron chi connectivity index (χ4n) is 0. The summed E-state index contributed by atoms with van der Waals surface area (Å²) in [5.74, 6) is 0. The molecule has 0 aromatic heterocycles. The summed E-state index contributed by atoms with van der Waals surface area (Å²) in [7, 11) is -5.39. The normalized spacial score (nSPS) is 8.43. The predicted molar refractivity (Wildman–Crippen MR) is 7.61 cm³/mol. The van der Waals surface area contributed by atoms with Gasteiger partial charge < -0.3 is 19.2 Å². The molecule has 0 unspecified atom stereocenters. The van der Waals surface area contributed by atoms with E-state index in [-0.39, 0.29) is 51.9 Å². The molecule has 4 nitrogen and oxygen atoms in total. The fraction of sp³-hybridized carbons (Fsp3) is 0. The van der Waals surface area contributed by atoms with Crippen LogP contribution in [0, 0.1) is 0 Å². The maximum absolute atomic E-state index is 8.55. The van der Waals surface area contributed by atoms with Gasteiger partial charge in [-0.15, -0.1) is 0 Å². The van der Waals surface area contributed by atoms with Crippen molar-refractivity contribution in [1.29, 1.82) is 0 Å². The minimum absolute atomic E-state index is 0. The van der Waals surface area contributed by atoms with Crippen molar-refractivity contribution < 1.29 is 71.2 Å². The molecule has 0 rings (SSSR count). The molecule has 0 aliphatic carbocycles. The van der Waals surface area contributed by atoms with E-state index in [2.05, 4.69) is 0 Å². The van der Waals surface area contributed by atoms with Gasteiger partial charge >= 0.3 is 51.9 Å². The van der Waals surface area contributed by atoms with Gasteiger partial charge in [0.25, 0.3) is 0 Å². The number of hydrogen-bond donors (Lipinski definition) is 0. The first-order valence-corrected chi connectivity index (χ1v) is 2.19. The van der Waals surface area contributed by atoms with E-state index in [4.69, 9.17) is 19.2 Å². The molecule has 0 fully saturated rings. The van der Waals surface area contributed by atoms with Gasteiger partial charge in [-0.25, -0.2) is 0 Å². The molecule has 0 spiro atoms. The second-order valence-corrected chi connectivity index (χ2v) is 1.34. The van der Waals surface area contributed by atoms with Gasteiger partial charge in [0.05, 0.1) is 0 Å². The summed E-state index contributed by atoms with van der Waals surface area (Å²) in [5.41, 5.74) is 0. The molecule has 7 heteroatoms. The smallest absolute Gasteiger partial charge is 0.822 e. The van der Waals surface area contributed by atoms with Crippen LogP contribution in [0.4, 0.5) is 0 Å². The van der Waals surface area contributed by atoms with Crippen molar-refractivity contribution in [2.45, 2.75) is 0 Å². The summed E-state index contributed by atoms with van der Waals surface area (Å²) in [5, 5.41) is 0. The SMILES string of the molecule is O=P([O-])([O-])[O-].[Na+].[Nb+2]. The molecule has 0 amide bonds. The largest absolute Gasteiger partial charge is 2.00 e. The van der Waals surface area contributed by atoms with Crippen LogP contribution in [0.3, 0.4) is 0 Å². The van der Waals surface area contributed by atoms with E-state index in [1.54, 1.807) is 0 Å². The Morgan fingerprint density at radius 3 is 1.14 bits per heavy atom. The summed E-state index contributed by atoms with van der Waals surface area (Å²) in [6.45, 7) is 0. The van der Waals surface area contributed by atoms with Crippen molar-refractivity contribution in [3.63, 3.8) is 0 Å². The van der Waals surface area contributed by atoms with Gasteiger partial charge in [0.15, 0.2) is 0 Å². The van der Waals surface area contributed by atoms with E-state index >= 15 is 0 Å². The molecule has 1 radical (unpaired) electrons. The third-order valence-electron chi connectivity index (χ3n) is 0. The summed E-state index contributed by atoms with van der Waals surface area (Å²) in [4.78, 5) is 25.6. The molecule has 7 heavy (non-hydrogen) atoms. The first kappa shape index (κ1) is 15.9. The molecule has 0 saturated heterocycles. The molecule has 0 aromatic carbocycles. The number of phosphoric acid groups is 1. The van der Waals surface area contributed by atoms with Gasteiger partial charge in [-0.2, -0.15) is 7.82 Å². The molecule has 0 aliphatic heterocycles. The maximum Gasteiger partial charge on any atom is 2.00 e. The standard InChI is InChI=1S/Na.Nb.H3O4P/c;;1-5(2,3)4/h;;(H3,1,2,3,4)/q+1;+2;/p-3. The van der Waals surface area contributed by atoms with Gasteiger partial charge in [0.2, 0.25) is 0 Å². The van der Waals surface area contributed by atoms with Gasteiger partial charge in [0.1, 0.15) is 0 Å². The second-order valence-electron chi connectivity index (χ2n) is 0.447. The maximum atomic E-state index is 8.55. The third-order valence-corrected chi connectivity index (χ3v) is 0. The topological polar surface area (TPSA) is 86.2 Å². The summed E-state index contributed by atoms with van der Waals surface area (Å²) in [6, 6.07) is 0. The molecular weight excluding hydrogens is 211 g/mol. The van der Waals surface area contributed by atoms with Crippen LogP contribution in [-0.2, 0) is 26.9 Å². The second kappa shape index (κ2) is 5.98. The summed E-state index contributed by atoms with van der Waals surface area (Å²) < 4.78 is 8.55. The van der Waals surface area contributed by atoms with Crippen LogP contribution >= 0.6 is 7.82 Å². The average molecular weight is 211 g/mol. The van der Waals surface area contributed by atoms with Crippen molar-refractivity contribution in [2.24, 2.45) is 0 Å². The molecule has 0 heterocycles. The van der Waals surface area contributed by atoms with Gasteiger partial charge in [0, 0.05) is 0 Å². The third kappa shape index (κ3) is 78.5. The molecule has 35 valence electrons. The van der Waals surface area contributed by atoms with Crippen LogP contribution in [0.25, 0.3) is 0 Å². The van der Waals surface area contributed by atoms with E-state index in [1.165, 1.54) is 0 Å². The van der Waals surface area contributed by atoms with Crippen LogP contribution in [0.5, 0.6) is 0 Å². The summed E-state index contributed by atoms with van der Waals surface area (Å²) >= 11 is 0. The zero-order valence-corrected chi connectivity index (χ0v) is 8.62. The van der Waals surface area contributed by atoms with Gasteiger partial charge in [-0.05, 0) is 0 Å². The molecule has 0 N–H and O–H groups in total. The first-order valence-electron chi connectivity index (χ1n) is 0.730. The average Bonchev–Trinajstić information content (AvgIpc) is 0.722. The first-order chi connectivity index (χ1) is 2.00. The van der Waals surface area contributed by atoms with E-state index < -0.39 is 7.82 Å². The zero-order valence-electron chi connectivity index (χ0n) is 3.53. The Hall–Kier alpha value is 1.85. The zero-order chi connectivity index (χ0) is 4.50. The molecular formula is NaNbO4P. The Kier molecular flexibility index (Phi) is 13.6. The Morgan fingerprint density at radius 2 is 1.14 bits per heavy atom. The van der Waals surface area contributed by atoms with Crippen molar-refractivity contribution in [3.05, 3.63) is 0 Å². The van der Waals surface area contributed by atoms with Crippen LogP contribution in [0.2, 0.25) is 0 Å². The van der Waals surface area contributed by atoms with Crippen molar-refractivity contribution in [3.8, 4) is 0 Å². The summed E-state index contributed by atoms with van der Waals surface area (Å²) in [6.07, 6.45) is 0. The molecule has 0 saturated carbocycles. The van der Waals surface area contributed by atoms with E-state index in [0.717, 1.165) is 0 Å². The predicted octanol–water partition coefficient (Wildman–Crippen LogP) is -5.82. The molecule has 0 aromatic rings. The van der Waals surface area contributed by atoms with Crippen LogP contribution in [0.1, 0.15) is 0 Å². The van der Waals surface area contributed by atoms with Gasteiger partial charge in [-0.3, -0.25) is 0 Å². The number of hydrogen-bond acceptors (Lipinski definition) is 4. The Balaban J connectivity index is -0.0000000800.